The molecule has 4 N–H and O–H groups in total. The van der Waals surface area contributed by atoms with Crippen molar-refractivity contribution >= 4 is 55.7 Å². The van der Waals surface area contributed by atoms with Gasteiger partial charge < -0.3 is 16.2 Å². The van der Waals surface area contributed by atoms with Crippen LogP contribution in [-0.2, 0) is 17.8 Å². The standard InChI is InChI=1S/C23H20N4O5S2/c1-2-6-16-25-21-18(14(11-33-21)23(31)32)22(30)27(16)10-17(28)26-20-13(19(24)29)9-15(34-20)12-7-4-3-5-8-12/h3-5,7-9,11H,2,6,10H2,1H3,(H2,24,29)(H,26,28)(H,31,32). The quantitative estimate of drug-likeness (QED) is 0.340. The lowest BCUT2D eigenvalue weighted by molar-refractivity contribution is -0.116. The Morgan fingerprint density at radius 2 is 1.91 bits per heavy atom. The summed E-state index contributed by atoms with van der Waals surface area (Å²) in [5, 5.41) is 13.7. The number of aromatic carboxylic acids is 1. The normalized spacial score (nSPS) is 11.0. The number of carbonyl (C=O) groups excluding carboxylic acids is 2. The Bertz CT molecular complexity index is 1470. The molecule has 4 aromatic rings. The molecule has 4 rings (SSSR count). The van der Waals surface area contributed by atoms with Gasteiger partial charge in [0.25, 0.3) is 11.5 Å². The molecule has 0 aliphatic rings. The Hall–Kier alpha value is -3.83. The molecule has 1 aromatic carbocycles. The van der Waals surface area contributed by atoms with E-state index in [9.17, 15) is 24.3 Å². The number of hydrogen-bond acceptors (Lipinski definition) is 7. The molecular weight excluding hydrogens is 476 g/mol. The number of nitrogens with zero attached hydrogens (tertiary/aromatic N) is 2. The lowest BCUT2D eigenvalue weighted by Crippen LogP contribution is -2.31. The fourth-order valence-electron chi connectivity index (χ4n) is 3.52. The Morgan fingerprint density at radius 1 is 1.18 bits per heavy atom. The number of carboxylic acid groups (broad SMARTS) is 1. The predicted molar refractivity (Wildman–Crippen MR) is 132 cm³/mol. The van der Waals surface area contributed by atoms with Gasteiger partial charge in [0.1, 0.15) is 22.2 Å². The van der Waals surface area contributed by atoms with Crippen LogP contribution in [0.3, 0.4) is 0 Å². The lowest BCUT2D eigenvalue weighted by atomic mass is 10.1. The Labute approximate surface area is 201 Å². The number of carbonyl (C=O) groups is 3. The van der Waals surface area contributed by atoms with E-state index in [0.717, 1.165) is 21.8 Å². The van der Waals surface area contributed by atoms with E-state index in [0.29, 0.717) is 23.5 Å². The van der Waals surface area contributed by atoms with Crippen LogP contribution in [0.15, 0.2) is 46.6 Å². The van der Waals surface area contributed by atoms with Crippen LogP contribution < -0.4 is 16.6 Å². The number of aryl methyl sites for hydroxylation is 1. The molecular formula is C23H20N4O5S2. The maximum absolute atomic E-state index is 13.2. The highest BCUT2D eigenvalue weighted by atomic mass is 32.1. The largest absolute Gasteiger partial charge is 0.478 e. The van der Waals surface area contributed by atoms with E-state index < -0.39 is 23.3 Å². The van der Waals surface area contributed by atoms with Gasteiger partial charge in [-0.05, 0) is 18.1 Å². The minimum absolute atomic E-state index is 0.0227. The van der Waals surface area contributed by atoms with E-state index in [1.807, 2.05) is 37.3 Å². The van der Waals surface area contributed by atoms with Crippen molar-refractivity contribution in [3.05, 3.63) is 69.1 Å². The third-order valence-electron chi connectivity index (χ3n) is 5.09. The first-order valence-electron chi connectivity index (χ1n) is 10.3. The number of hydrogen-bond donors (Lipinski definition) is 3. The number of aromatic nitrogens is 2. The second-order valence-electron chi connectivity index (χ2n) is 7.44. The van der Waals surface area contributed by atoms with E-state index in [2.05, 4.69) is 10.3 Å². The van der Waals surface area contributed by atoms with Gasteiger partial charge in [-0.3, -0.25) is 19.0 Å². The highest BCUT2D eigenvalue weighted by molar-refractivity contribution is 7.20. The van der Waals surface area contributed by atoms with Crippen LogP contribution in [0, 0.1) is 0 Å². The first kappa shape index (κ1) is 23.3. The summed E-state index contributed by atoms with van der Waals surface area (Å²) in [6, 6.07) is 11.0. The number of rotatable bonds is 8. The summed E-state index contributed by atoms with van der Waals surface area (Å²) in [5.74, 6) is -2.09. The maximum Gasteiger partial charge on any atom is 0.337 e. The topological polar surface area (TPSA) is 144 Å². The van der Waals surface area contributed by atoms with E-state index in [1.54, 1.807) is 6.07 Å². The van der Waals surface area contributed by atoms with Crippen molar-refractivity contribution in [3.8, 4) is 10.4 Å². The molecule has 0 saturated heterocycles. The molecule has 174 valence electrons. The average molecular weight is 497 g/mol. The number of fused-ring (bicyclic) bond motifs is 1. The highest BCUT2D eigenvalue weighted by Crippen LogP contribution is 2.35. The van der Waals surface area contributed by atoms with E-state index >= 15 is 0 Å². The first-order valence-corrected chi connectivity index (χ1v) is 12.0. The van der Waals surface area contributed by atoms with Crippen molar-refractivity contribution in [2.45, 2.75) is 26.3 Å². The zero-order valence-corrected chi connectivity index (χ0v) is 19.7. The molecule has 11 heteroatoms. The van der Waals surface area contributed by atoms with Crippen molar-refractivity contribution in [1.29, 1.82) is 0 Å². The number of nitrogens with one attached hydrogen (secondary N) is 1. The molecule has 0 aliphatic carbocycles. The SMILES string of the molecule is CCCc1nc2scc(C(=O)O)c2c(=O)n1CC(=O)Nc1sc(-c2ccccc2)cc1C(N)=O. The second kappa shape index (κ2) is 9.57. The average Bonchev–Trinajstić information content (AvgIpc) is 3.42. The van der Waals surface area contributed by atoms with Crippen LogP contribution in [0.1, 0.15) is 39.9 Å². The van der Waals surface area contributed by atoms with Gasteiger partial charge in [0.2, 0.25) is 5.91 Å². The highest BCUT2D eigenvalue weighted by Gasteiger charge is 2.22. The van der Waals surface area contributed by atoms with Crippen LogP contribution in [0.4, 0.5) is 5.00 Å². The lowest BCUT2D eigenvalue weighted by Gasteiger charge is -2.12. The monoisotopic (exact) mass is 496 g/mol. The summed E-state index contributed by atoms with van der Waals surface area (Å²) in [6.45, 7) is 1.52. The minimum atomic E-state index is -1.23. The van der Waals surface area contributed by atoms with Crippen LogP contribution in [0.2, 0.25) is 0 Å². The molecule has 34 heavy (non-hydrogen) atoms. The fourth-order valence-corrected chi connectivity index (χ4v) is 5.53. The molecule has 0 aliphatic heterocycles. The molecule has 0 saturated carbocycles. The third-order valence-corrected chi connectivity index (χ3v) is 7.06. The molecule has 3 aromatic heterocycles. The number of carboxylic acids is 1. The predicted octanol–water partition coefficient (Wildman–Crippen LogP) is 3.57. The van der Waals surface area contributed by atoms with Gasteiger partial charge >= 0.3 is 5.97 Å². The number of primary amides is 1. The van der Waals surface area contributed by atoms with E-state index in [4.69, 9.17) is 5.73 Å². The van der Waals surface area contributed by atoms with Gasteiger partial charge in [-0.2, -0.15) is 0 Å². The molecule has 0 spiro atoms. The number of amides is 2. The first-order chi connectivity index (χ1) is 16.3. The summed E-state index contributed by atoms with van der Waals surface area (Å²) < 4.78 is 1.19. The van der Waals surface area contributed by atoms with Crippen LogP contribution in [0.25, 0.3) is 20.7 Å². The summed E-state index contributed by atoms with van der Waals surface area (Å²) in [6.07, 6.45) is 1.11. The smallest absolute Gasteiger partial charge is 0.337 e. The number of nitrogens with two attached hydrogens (primary N) is 1. The fraction of sp³-hybridized carbons (Fsp3) is 0.174. The van der Waals surface area contributed by atoms with E-state index in [-0.39, 0.29) is 28.1 Å². The van der Waals surface area contributed by atoms with Crippen molar-refractivity contribution in [2.24, 2.45) is 5.73 Å². The maximum atomic E-state index is 13.2. The zero-order valence-electron chi connectivity index (χ0n) is 18.0. The molecule has 9 nitrogen and oxygen atoms in total. The van der Waals surface area contributed by atoms with Crippen molar-refractivity contribution < 1.29 is 19.5 Å². The Balaban J connectivity index is 1.69. The summed E-state index contributed by atoms with van der Waals surface area (Å²) in [7, 11) is 0. The molecule has 0 radical (unpaired) electrons. The van der Waals surface area contributed by atoms with Crippen LogP contribution in [-0.4, -0.2) is 32.4 Å². The van der Waals surface area contributed by atoms with Crippen molar-refractivity contribution in [1.82, 2.24) is 9.55 Å². The number of anilines is 1. The molecule has 2 amide bonds. The number of thiophene rings is 2. The Kier molecular flexibility index (Phi) is 6.57. The van der Waals surface area contributed by atoms with Crippen molar-refractivity contribution in [2.75, 3.05) is 5.32 Å². The Morgan fingerprint density at radius 3 is 2.56 bits per heavy atom. The van der Waals surface area contributed by atoms with Crippen LogP contribution in [0.5, 0.6) is 0 Å². The van der Waals surface area contributed by atoms with Gasteiger partial charge in [-0.15, -0.1) is 22.7 Å². The van der Waals surface area contributed by atoms with Gasteiger partial charge in [0, 0.05) is 16.7 Å². The number of benzene rings is 1. The minimum Gasteiger partial charge on any atom is -0.478 e. The zero-order chi connectivity index (χ0) is 24.4. The summed E-state index contributed by atoms with van der Waals surface area (Å²) in [5.41, 5.74) is 5.81. The van der Waals surface area contributed by atoms with Gasteiger partial charge in [-0.1, -0.05) is 37.3 Å². The summed E-state index contributed by atoms with van der Waals surface area (Å²) >= 11 is 2.27. The van der Waals surface area contributed by atoms with Gasteiger partial charge in [-0.25, -0.2) is 9.78 Å². The van der Waals surface area contributed by atoms with Crippen LogP contribution >= 0.6 is 22.7 Å². The van der Waals surface area contributed by atoms with Gasteiger partial charge in [0.15, 0.2) is 0 Å². The molecule has 3 heterocycles. The molecule has 0 fully saturated rings. The third kappa shape index (κ3) is 4.47. The van der Waals surface area contributed by atoms with E-state index in [1.165, 1.54) is 21.3 Å². The second-order valence-corrected chi connectivity index (χ2v) is 9.35. The van der Waals surface area contributed by atoms with Gasteiger partial charge in [0.05, 0.1) is 16.5 Å². The molecule has 0 bridgehead atoms. The molecule has 0 unspecified atom stereocenters. The summed E-state index contributed by atoms with van der Waals surface area (Å²) in [4.78, 5) is 55.2. The van der Waals surface area contributed by atoms with Crippen molar-refractivity contribution in [3.63, 3.8) is 0 Å². The molecule has 0 atom stereocenters.